The average Bonchev–Trinajstić information content (AvgIpc) is 3.22. The fourth-order valence-electron chi connectivity index (χ4n) is 5.01. The molecule has 4 N–H and O–H groups in total. The number of hydrogen-bond donors (Lipinski definition) is 3. The number of carbonyl (C=O) groups is 5. The molecule has 0 saturated carbocycles. The highest BCUT2D eigenvalue weighted by Gasteiger charge is 2.43. The third-order valence-corrected chi connectivity index (χ3v) is 9.33. The van der Waals surface area contributed by atoms with Crippen LogP contribution in [0.5, 0.6) is 0 Å². The fourth-order valence-corrected chi connectivity index (χ4v) is 6.46. The number of rotatable bonds is 15. The van der Waals surface area contributed by atoms with Crippen molar-refractivity contribution in [2.75, 3.05) is 20.8 Å². The van der Waals surface area contributed by atoms with Gasteiger partial charge in [-0.05, 0) is 36.5 Å². The predicted molar refractivity (Wildman–Crippen MR) is 156 cm³/mol. The highest BCUT2D eigenvalue weighted by molar-refractivity contribution is 7.54. The van der Waals surface area contributed by atoms with Crippen molar-refractivity contribution in [2.45, 2.75) is 51.0 Å². The number of hydrogen-bond acceptors (Lipinski definition) is 9. The minimum absolute atomic E-state index is 0.0806. The Morgan fingerprint density at radius 3 is 1.98 bits per heavy atom. The molecule has 0 radical (unpaired) electrons. The van der Waals surface area contributed by atoms with Crippen molar-refractivity contribution in [1.29, 1.82) is 0 Å². The lowest BCUT2D eigenvalue weighted by molar-refractivity contribution is -0.148. The number of aliphatic carboxylic acids is 1. The van der Waals surface area contributed by atoms with Gasteiger partial charge in [-0.2, -0.15) is 0 Å². The topological polar surface area (TPSA) is 186 Å². The summed E-state index contributed by atoms with van der Waals surface area (Å²) in [6, 6.07) is 10.6. The van der Waals surface area contributed by atoms with Crippen LogP contribution in [0.25, 0.3) is 0 Å². The van der Waals surface area contributed by atoms with E-state index >= 15 is 0 Å². The maximum Gasteiger partial charge on any atom is 0.346 e. The van der Waals surface area contributed by atoms with E-state index in [1.165, 1.54) is 12.1 Å². The first-order valence-corrected chi connectivity index (χ1v) is 15.3. The molecule has 2 aromatic rings. The van der Waals surface area contributed by atoms with Gasteiger partial charge in [0.05, 0.1) is 17.2 Å². The number of carbonyl (C=O) groups excluding carboxylic acids is 4. The van der Waals surface area contributed by atoms with E-state index in [1.807, 2.05) is 0 Å². The standard InChI is InChI=1S/C29H37N4O9P/c1-18(2)16-22(27(36)33(29(30)39)23(28(37)38)17-19-10-6-5-7-11-19)31-24(43(40,41-3)42-4)14-15-32-25(34)20-12-8-9-13-21(20)26(32)35/h5-13,18,22-24,31H,14-17H2,1-4H3,(H2,30,39)(H,37,38)/t22-,23-,24?/m0/s1. The van der Waals surface area contributed by atoms with Crippen molar-refractivity contribution < 1.29 is 42.7 Å². The first kappa shape index (κ1) is 33.6. The summed E-state index contributed by atoms with van der Waals surface area (Å²) in [5.41, 5.74) is 6.61. The molecule has 1 heterocycles. The Labute approximate surface area is 249 Å². The lowest BCUT2D eigenvalue weighted by Gasteiger charge is -2.34. The van der Waals surface area contributed by atoms with Gasteiger partial charge in [-0.25, -0.2) is 14.5 Å². The van der Waals surface area contributed by atoms with Gasteiger partial charge < -0.3 is 19.9 Å². The van der Waals surface area contributed by atoms with E-state index in [-0.39, 0.29) is 42.9 Å². The minimum atomic E-state index is -4.01. The van der Waals surface area contributed by atoms with Gasteiger partial charge in [-0.3, -0.25) is 29.2 Å². The Kier molecular flexibility index (Phi) is 11.3. The molecule has 14 heteroatoms. The second-order valence-electron chi connectivity index (χ2n) is 10.5. The van der Waals surface area contributed by atoms with E-state index < -0.39 is 55.2 Å². The van der Waals surface area contributed by atoms with Gasteiger partial charge in [0.2, 0.25) is 5.91 Å². The van der Waals surface area contributed by atoms with E-state index in [1.54, 1.807) is 56.3 Å². The molecule has 0 aliphatic carbocycles. The van der Waals surface area contributed by atoms with Crippen LogP contribution < -0.4 is 11.1 Å². The minimum Gasteiger partial charge on any atom is -0.480 e. The molecule has 5 amide bonds. The van der Waals surface area contributed by atoms with Gasteiger partial charge in [0, 0.05) is 27.2 Å². The summed E-state index contributed by atoms with van der Waals surface area (Å²) in [6.07, 6.45) is -0.274. The number of carboxylic acid groups (broad SMARTS) is 1. The number of nitrogens with one attached hydrogen (secondary N) is 1. The van der Waals surface area contributed by atoms with E-state index in [4.69, 9.17) is 14.8 Å². The Hall–Kier alpha value is -3.90. The molecule has 0 saturated heterocycles. The monoisotopic (exact) mass is 616 g/mol. The first-order valence-electron chi connectivity index (χ1n) is 13.7. The summed E-state index contributed by atoms with van der Waals surface area (Å²) >= 11 is 0. The Morgan fingerprint density at radius 1 is 0.977 bits per heavy atom. The van der Waals surface area contributed by atoms with Crippen LogP contribution in [0.15, 0.2) is 54.6 Å². The summed E-state index contributed by atoms with van der Waals surface area (Å²) in [6.45, 7) is 3.40. The zero-order valence-corrected chi connectivity index (χ0v) is 25.4. The molecule has 13 nitrogen and oxygen atoms in total. The molecule has 0 aromatic heterocycles. The number of amides is 5. The SMILES string of the molecule is COP(=O)(OC)C(CCN1C(=O)c2ccccc2C1=O)N[C@@H](CC(C)C)C(=O)N(C(N)=O)[C@@H](Cc1ccccc1)C(=O)O. The number of primary amides is 1. The molecule has 3 atom stereocenters. The zero-order chi connectivity index (χ0) is 31.9. The van der Waals surface area contributed by atoms with Gasteiger partial charge in [0.15, 0.2) is 0 Å². The number of carboxylic acids is 1. The Balaban J connectivity index is 1.93. The van der Waals surface area contributed by atoms with Gasteiger partial charge in [0.1, 0.15) is 11.8 Å². The normalized spacial score (nSPS) is 15.2. The highest BCUT2D eigenvalue weighted by atomic mass is 31.2. The van der Waals surface area contributed by atoms with Crippen LogP contribution in [-0.4, -0.2) is 83.3 Å². The van der Waals surface area contributed by atoms with Crippen molar-refractivity contribution >= 4 is 37.3 Å². The number of benzene rings is 2. The van der Waals surface area contributed by atoms with Crippen LogP contribution in [0, 0.1) is 5.92 Å². The molecular formula is C29H37N4O9P. The number of fused-ring (bicyclic) bond motifs is 1. The molecule has 0 spiro atoms. The Bertz CT molecular complexity index is 1360. The summed E-state index contributed by atoms with van der Waals surface area (Å²) in [5, 5.41) is 12.9. The number of imide groups is 2. The van der Waals surface area contributed by atoms with Gasteiger partial charge in [-0.15, -0.1) is 0 Å². The molecule has 0 bridgehead atoms. The van der Waals surface area contributed by atoms with Crippen LogP contribution in [0.3, 0.4) is 0 Å². The maximum atomic E-state index is 13.9. The highest BCUT2D eigenvalue weighted by Crippen LogP contribution is 2.52. The lowest BCUT2D eigenvalue weighted by Crippen LogP contribution is -2.59. The van der Waals surface area contributed by atoms with Crippen LogP contribution in [-0.2, 0) is 29.6 Å². The zero-order valence-electron chi connectivity index (χ0n) is 24.5. The average molecular weight is 617 g/mol. The van der Waals surface area contributed by atoms with E-state index in [0.717, 1.165) is 19.1 Å². The molecule has 43 heavy (non-hydrogen) atoms. The van der Waals surface area contributed by atoms with Crippen molar-refractivity contribution in [3.63, 3.8) is 0 Å². The predicted octanol–water partition coefficient (Wildman–Crippen LogP) is 3.09. The fraction of sp³-hybridized carbons (Fsp3) is 0.414. The summed E-state index contributed by atoms with van der Waals surface area (Å²) < 4.78 is 24.1. The molecular weight excluding hydrogens is 579 g/mol. The summed E-state index contributed by atoms with van der Waals surface area (Å²) in [5.74, 6) is -4.84. The van der Waals surface area contributed by atoms with Crippen molar-refractivity contribution in [3.8, 4) is 0 Å². The van der Waals surface area contributed by atoms with Crippen molar-refractivity contribution in [3.05, 3.63) is 71.3 Å². The van der Waals surface area contributed by atoms with E-state index in [2.05, 4.69) is 5.32 Å². The molecule has 3 rings (SSSR count). The van der Waals surface area contributed by atoms with Crippen LogP contribution >= 0.6 is 7.60 Å². The second-order valence-corrected chi connectivity index (χ2v) is 12.9. The van der Waals surface area contributed by atoms with Gasteiger partial charge in [0.25, 0.3) is 11.8 Å². The largest absolute Gasteiger partial charge is 0.480 e. The Morgan fingerprint density at radius 2 is 1.51 bits per heavy atom. The van der Waals surface area contributed by atoms with E-state index in [0.29, 0.717) is 10.5 Å². The second kappa shape index (κ2) is 14.5. The van der Waals surface area contributed by atoms with Crippen molar-refractivity contribution in [2.24, 2.45) is 11.7 Å². The third kappa shape index (κ3) is 7.74. The maximum absolute atomic E-state index is 13.9. The summed E-state index contributed by atoms with van der Waals surface area (Å²) in [7, 11) is -1.72. The molecule has 1 unspecified atom stereocenters. The number of nitrogens with zero attached hydrogens (tertiary/aromatic N) is 2. The summed E-state index contributed by atoms with van der Waals surface area (Å²) in [4.78, 5) is 66.1. The smallest absolute Gasteiger partial charge is 0.346 e. The van der Waals surface area contributed by atoms with Crippen molar-refractivity contribution in [1.82, 2.24) is 15.1 Å². The van der Waals surface area contributed by atoms with Crippen LogP contribution in [0.2, 0.25) is 0 Å². The number of nitrogens with two attached hydrogens (primary N) is 1. The van der Waals surface area contributed by atoms with Crippen LogP contribution in [0.1, 0.15) is 53.0 Å². The molecule has 1 aliphatic heterocycles. The number of urea groups is 1. The van der Waals surface area contributed by atoms with Gasteiger partial charge >= 0.3 is 19.6 Å². The quantitative estimate of drug-likeness (QED) is 0.198. The molecule has 1 aliphatic rings. The first-order chi connectivity index (χ1) is 20.3. The molecule has 2 aromatic carbocycles. The molecule has 0 fully saturated rings. The third-order valence-electron chi connectivity index (χ3n) is 7.14. The van der Waals surface area contributed by atoms with E-state index in [9.17, 15) is 33.6 Å². The lowest BCUT2D eigenvalue weighted by atomic mass is 10.00. The van der Waals surface area contributed by atoms with Gasteiger partial charge in [-0.1, -0.05) is 56.3 Å². The molecule has 232 valence electrons. The van der Waals surface area contributed by atoms with Crippen LogP contribution in [0.4, 0.5) is 4.79 Å².